The van der Waals surface area contributed by atoms with E-state index in [4.69, 9.17) is 0 Å². The number of carboxylic acids is 1. The first-order valence-corrected chi connectivity index (χ1v) is 16.0. The molecule has 11 heteroatoms. The zero-order valence-electron chi connectivity index (χ0n) is 28.8. The maximum Gasteiger partial charge on any atom is 0.326 e. The number of benzene rings is 1. The molecule has 1 aromatic rings. The molecule has 254 valence electrons. The van der Waals surface area contributed by atoms with Crippen molar-refractivity contribution >= 4 is 35.3 Å². The number of carbonyl (C=O) groups excluding carboxylic acids is 4. The number of hydrogen-bond acceptors (Lipinski definition) is 6. The minimum atomic E-state index is -1.14. The van der Waals surface area contributed by atoms with Gasteiger partial charge in [0.25, 0.3) is 0 Å². The summed E-state index contributed by atoms with van der Waals surface area (Å²) in [5.74, 6) is -2.72. The predicted molar refractivity (Wildman–Crippen MR) is 178 cm³/mol. The summed E-state index contributed by atoms with van der Waals surface area (Å²) in [6.07, 6.45) is 4.44. The Morgan fingerprint density at radius 1 is 0.756 bits per heavy atom. The molecular formula is C34H57N5O6. The molecule has 1 rings (SSSR count). The van der Waals surface area contributed by atoms with Crippen molar-refractivity contribution in [2.75, 3.05) is 11.9 Å². The summed E-state index contributed by atoms with van der Waals surface area (Å²) < 4.78 is 0. The Balaban J connectivity index is 2.62. The molecule has 11 nitrogen and oxygen atoms in total. The van der Waals surface area contributed by atoms with E-state index in [-0.39, 0.29) is 41.5 Å². The summed E-state index contributed by atoms with van der Waals surface area (Å²) in [6.45, 7) is 18.2. The molecule has 1 aromatic carbocycles. The van der Waals surface area contributed by atoms with Crippen molar-refractivity contribution in [3.05, 3.63) is 29.8 Å². The Morgan fingerprint density at radius 2 is 1.36 bits per heavy atom. The summed E-state index contributed by atoms with van der Waals surface area (Å²) in [7, 11) is 0. The molecule has 45 heavy (non-hydrogen) atoms. The Hall–Kier alpha value is -3.47. The second-order valence-corrected chi connectivity index (χ2v) is 14.4. The van der Waals surface area contributed by atoms with Crippen LogP contribution < -0.4 is 26.6 Å². The standard InChI is InChI=1S/C34H57N5O6/c1-22(2)29(39-27(40)13-11-10-12-19-33(4,5)6)31(43)36-23(3)30(42)37-25-16-14-24(15-17-25)21-26(32(44)45)38-28(41)18-20-35-34(7,8)9/h14-17,22-23,26,29,35H,10-13,18-21H2,1-9H3,(H,36,43)(H,37,42)(H,38,41)(H,39,40)(H,44,45)/t23-,26-,29-/m0/s1. The third-order valence-electron chi connectivity index (χ3n) is 7.15. The maximum atomic E-state index is 13.0. The van der Waals surface area contributed by atoms with Crippen molar-refractivity contribution in [1.29, 1.82) is 0 Å². The maximum absolute atomic E-state index is 13.0. The quantitative estimate of drug-likeness (QED) is 0.132. The fourth-order valence-electron chi connectivity index (χ4n) is 4.49. The molecule has 6 N–H and O–H groups in total. The van der Waals surface area contributed by atoms with E-state index in [0.29, 0.717) is 24.2 Å². The van der Waals surface area contributed by atoms with Crippen LogP contribution in [0.15, 0.2) is 24.3 Å². The Labute approximate surface area is 269 Å². The molecule has 0 bridgehead atoms. The van der Waals surface area contributed by atoms with E-state index >= 15 is 0 Å². The van der Waals surface area contributed by atoms with Crippen molar-refractivity contribution < 1.29 is 29.1 Å². The number of carboxylic acid groups (broad SMARTS) is 1. The minimum absolute atomic E-state index is 0.0771. The highest BCUT2D eigenvalue weighted by Gasteiger charge is 2.27. The summed E-state index contributed by atoms with van der Waals surface area (Å²) in [4.78, 5) is 62.3. The van der Waals surface area contributed by atoms with Crippen LogP contribution in [0.4, 0.5) is 5.69 Å². The van der Waals surface area contributed by atoms with Crippen molar-refractivity contribution in [2.24, 2.45) is 11.3 Å². The van der Waals surface area contributed by atoms with E-state index in [1.807, 2.05) is 34.6 Å². The van der Waals surface area contributed by atoms with Gasteiger partial charge in [-0.05, 0) is 69.6 Å². The lowest BCUT2D eigenvalue weighted by molar-refractivity contribution is -0.141. The van der Waals surface area contributed by atoms with E-state index in [1.165, 1.54) is 0 Å². The van der Waals surface area contributed by atoms with Gasteiger partial charge in [0.05, 0.1) is 0 Å². The normalized spacial score (nSPS) is 13.8. The topological polar surface area (TPSA) is 166 Å². The molecule has 0 spiro atoms. The van der Waals surface area contributed by atoms with Crippen LogP contribution in [0.3, 0.4) is 0 Å². The zero-order valence-corrected chi connectivity index (χ0v) is 28.8. The second-order valence-electron chi connectivity index (χ2n) is 14.4. The summed E-state index contributed by atoms with van der Waals surface area (Å²) in [5, 5.41) is 23.6. The van der Waals surface area contributed by atoms with Gasteiger partial charge in [0.2, 0.25) is 23.6 Å². The largest absolute Gasteiger partial charge is 0.480 e. The molecule has 0 aliphatic heterocycles. The molecule has 0 aliphatic rings. The van der Waals surface area contributed by atoms with E-state index in [1.54, 1.807) is 31.2 Å². The van der Waals surface area contributed by atoms with Crippen LogP contribution in [-0.2, 0) is 30.4 Å². The van der Waals surface area contributed by atoms with E-state index in [9.17, 15) is 29.1 Å². The first kappa shape index (κ1) is 39.6. The molecule has 0 aliphatic carbocycles. The number of aliphatic carboxylic acids is 1. The molecule has 0 saturated heterocycles. The number of hydrogen-bond donors (Lipinski definition) is 6. The summed E-state index contributed by atoms with van der Waals surface area (Å²) in [6, 6.07) is 3.89. The fraction of sp³-hybridized carbons (Fsp3) is 0.676. The number of rotatable bonds is 18. The average Bonchev–Trinajstić information content (AvgIpc) is 2.90. The smallest absolute Gasteiger partial charge is 0.326 e. The van der Waals surface area contributed by atoms with Gasteiger partial charge >= 0.3 is 5.97 Å². The predicted octanol–water partition coefficient (Wildman–Crippen LogP) is 4.16. The van der Waals surface area contributed by atoms with Crippen molar-refractivity contribution in [2.45, 2.75) is 131 Å². The van der Waals surface area contributed by atoms with Gasteiger partial charge in [0.1, 0.15) is 18.1 Å². The number of nitrogens with one attached hydrogen (secondary N) is 5. The Kier molecular flexibility index (Phi) is 16.2. The first-order valence-electron chi connectivity index (χ1n) is 16.0. The molecular weight excluding hydrogens is 574 g/mol. The Morgan fingerprint density at radius 3 is 1.89 bits per heavy atom. The monoisotopic (exact) mass is 631 g/mol. The van der Waals surface area contributed by atoms with Crippen molar-refractivity contribution in [1.82, 2.24) is 21.3 Å². The lowest BCUT2D eigenvalue weighted by Crippen LogP contribution is -2.53. The molecule has 0 aromatic heterocycles. The number of anilines is 1. The SMILES string of the molecule is CC(C)[C@H](NC(=O)CCCCCC(C)(C)C)C(=O)N[C@@H](C)C(=O)Nc1ccc(C[C@H](NC(=O)CCNC(C)(C)C)C(=O)O)cc1. The van der Waals surface area contributed by atoms with E-state index in [0.717, 1.165) is 25.7 Å². The van der Waals surface area contributed by atoms with Crippen LogP contribution in [0.2, 0.25) is 0 Å². The zero-order chi connectivity index (χ0) is 34.4. The van der Waals surface area contributed by atoms with Crippen LogP contribution in [0, 0.1) is 11.3 Å². The number of carbonyl (C=O) groups is 5. The third-order valence-corrected chi connectivity index (χ3v) is 7.15. The first-order chi connectivity index (χ1) is 20.8. The molecule has 3 atom stereocenters. The van der Waals surface area contributed by atoms with Crippen LogP contribution in [0.25, 0.3) is 0 Å². The highest BCUT2D eigenvalue weighted by Crippen LogP contribution is 2.22. The van der Waals surface area contributed by atoms with Gasteiger partial charge < -0.3 is 31.7 Å². The highest BCUT2D eigenvalue weighted by molar-refractivity contribution is 5.98. The van der Waals surface area contributed by atoms with Gasteiger partial charge in [-0.1, -0.05) is 59.6 Å². The molecule has 0 fully saturated rings. The van der Waals surface area contributed by atoms with Crippen LogP contribution >= 0.6 is 0 Å². The van der Waals surface area contributed by atoms with Crippen LogP contribution in [0.1, 0.15) is 106 Å². The molecule has 0 saturated carbocycles. The van der Waals surface area contributed by atoms with E-state index < -0.39 is 35.9 Å². The van der Waals surface area contributed by atoms with Gasteiger partial charge in [0.15, 0.2) is 0 Å². The van der Waals surface area contributed by atoms with E-state index in [2.05, 4.69) is 47.4 Å². The highest BCUT2D eigenvalue weighted by atomic mass is 16.4. The minimum Gasteiger partial charge on any atom is -0.480 e. The average molecular weight is 632 g/mol. The second kappa shape index (κ2) is 18.5. The van der Waals surface area contributed by atoms with Gasteiger partial charge in [-0.2, -0.15) is 0 Å². The summed E-state index contributed by atoms with van der Waals surface area (Å²) in [5.41, 5.74) is 1.26. The van der Waals surface area contributed by atoms with Gasteiger partial charge in [-0.25, -0.2) is 4.79 Å². The third kappa shape index (κ3) is 17.6. The van der Waals surface area contributed by atoms with Gasteiger partial charge in [-0.15, -0.1) is 0 Å². The molecule has 0 radical (unpaired) electrons. The Bertz CT molecular complexity index is 1120. The van der Waals surface area contributed by atoms with Crippen molar-refractivity contribution in [3.63, 3.8) is 0 Å². The molecule has 4 amide bonds. The van der Waals surface area contributed by atoms with Crippen LogP contribution in [0.5, 0.6) is 0 Å². The lowest BCUT2D eigenvalue weighted by atomic mass is 9.89. The molecule has 0 unspecified atom stereocenters. The lowest BCUT2D eigenvalue weighted by Gasteiger charge is -2.24. The summed E-state index contributed by atoms with van der Waals surface area (Å²) >= 11 is 0. The molecule has 0 heterocycles. The number of unbranched alkanes of at least 4 members (excludes halogenated alkanes) is 2. The van der Waals surface area contributed by atoms with Crippen LogP contribution in [-0.4, -0.2) is 64.9 Å². The van der Waals surface area contributed by atoms with Gasteiger partial charge in [-0.3, -0.25) is 19.2 Å². The van der Waals surface area contributed by atoms with Gasteiger partial charge in [0, 0.05) is 37.0 Å². The van der Waals surface area contributed by atoms with Crippen molar-refractivity contribution in [3.8, 4) is 0 Å². The number of amides is 4. The fourth-order valence-corrected chi connectivity index (χ4v) is 4.49.